The van der Waals surface area contributed by atoms with Crippen LogP contribution in [0, 0.1) is 6.92 Å². The largest absolute Gasteiger partial charge is 0.487 e. The summed E-state index contributed by atoms with van der Waals surface area (Å²) >= 11 is 5.40. The molecule has 2 aromatic rings. The molecule has 0 saturated carbocycles. The second-order valence-electron chi connectivity index (χ2n) is 5.00. The number of hydrogen-bond acceptors (Lipinski definition) is 3. The van der Waals surface area contributed by atoms with Crippen LogP contribution in [-0.4, -0.2) is 6.54 Å². The fourth-order valence-electron chi connectivity index (χ4n) is 2.23. The average Bonchev–Trinajstić information content (AvgIpc) is 2.91. The van der Waals surface area contributed by atoms with Gasteiger partial charge in [-0.3, -0.25) is 0 Å². The van der Waals surface area contributed by atoms with Crippen LogP contribution in [0.4, 0.5) is 0 Å². The summed E-state index contributed by atoms with van der Waals surface area (Å²) in [4.78, 5) is 2.69. The van der Waals surface area contributed by atoms with E-state index in [9.17, 15) is 0 Å². The third-order valence-electron chi connectivity index (χ3n) is 3.31. The van der Waals surface area contributed by atoms with Crippen molar-refractivity contribution in [3.8, 4) is 5.75 Å². The molecule has 0 amide bonds. The smallest absolute Gasteiger partial charge is 0.127 e. The first-order valence-corrected chi connectivity index (χ1v) is 8.95. The molecule has 0 spiro atoms. The van der Waals surface area contributed by atoms with Crippen molar-refractivity contribution in [1.29, 1.82) is 0 Å². The SMILES string of the molecule is CCNCc1cc(Br)cc(C)c1OCc1ccc(CC)s1. The summed E-state index contributed by atoms with van der Waals surface area (Å²) in [5.41, 5.74) is 2.38. The predicted octanol–water partition coefficient (Wildman–Crippen LogP) is 5.07. The zero-order valence-electron chi connectivity index (χ0n) is 12.8. The molecule has 1 aromatic heterocycles. The van der Waals surface area contributed by atoms with Crippen LogP contribution in [0.15, 0.2) is 28.7 Å². The van der Waals surface area contributed by atoms with Gasteiger partial charge in [0.1, 0.15) is 12.4 Å². The third kappa shape index (κ3) is 4.56. The van der Waals surface area contributed by atoms with Gasteiger partial charge in [-0.05, 0) is 49.7 Å². The van der Waals surface area contributed by atoms with E-state index in [1.165, 1.54) is 20.9 Å². The molecule has 0 unspecified atom stereocenters. The molecule has 0 atom stereocenters. The van der Waals surface area contributed by atoms with Crippen molar-refractivity contribution in [3.05, 3.63) is 49.6 Å². The molecule has 2 nitrogen and oxygen atoms in total. The van der Waals surface area contributed by atoms with Gasteiger partial charge < -0.3 is 10.1 Å². The monoisotopic (exact) mass is 367 g/mol. The van der Waals surface area contributed by atoms with E-state index in [1.807, 2.05) is 11.3 Å². The Morgan fingerprint density at radius 2 is 1.95 bits per heavy atom. The van der Waals surface area contributed by atoms with Crippen molar-refractivity contribution in [2.45, 2.75) is 40.3 Å². The Labute approximate surface area is 139 Å². The van der Waals surface area contributed by atoms with Crippen LogP contribution in [-0.2, 0) is 19.6 Å². The number of nitrogens with one attached hydrogen (secondary N) is 1. The Balaban J connectivity index is 2.13. The number of ether oxygens (including phenoxy) is 1. The quantitative estimate of drug-likeness (QED) is 0.737. The van der Waals surface area contributed by atoms with Gasteiger partial charge in [-0.15, -0.1) is 11.3 Å². The van der Waals surface area contributed by atoms with Crippen LogP contribution in [0.1, 0.15) is 34.7 Å². The van der Waals surface area contributed by atoms with Crippen LogP contribution in [0.2, 0.25) is 0 Å². The fraction of sp³-hybridized carbons (Fsp3) is 0.412. The molecule has 21 heavy (non-hydrogen) atoms. The second kappa shape index (κ2) is 7.97. The average molecular weight is 368 g/mol. The number of benzene rings is 1. The minimum Gasteiger partial charge on any atom is -0.487 e. The molecular weight excluding hydrogens is 346 g/mol. The van der Waals surface area contributed by atoms with Crippen molar-refractivity contribution in [2.75, 3.05) is 6.54 Å². The first kappa shape index (κ1) is 16.5. The lowest BCUT2D eigenvalue weighted by Crippen LogP contribution is -2.13. The van der Waals surface area contributed by atoms with Crippen LogP contribution in [0.5, 0.6) is 5.75 Å². The topological polar surface area (TPSA) is 21.3 Å². The first-order valence-electron chi connectivity index (χ1n) is 7.34. The molecular formula is C17H22BrNOS. The van der Waals surface area contributed by atoms with Gasteiger partial charge in [0.2, 0.25) is 0 Å². The lowest BCUT2D eigenvalue weighted by atomic mass is 10.1. The number of thiophene rings is 1. The summed E-state index contributed by atoms with van der Waals surface area (Å²) < 4.78 is 7.21. The van der Waals surface area contributed by atoms with Gasteiger partial charge in [-0.25, -0.2) is 0 Å². The van der Waals surface area contributed by atoms with Gasteiger partial charge in [0, 0.05) is 26.3 Å². The van der Waals surface area contributed by atoms with Crippen LogP contribution in [0.3, 0.4) is 0 Å². The van der Waals surface area contributed by atoms with Gasteiger partial charge in [0.15, 0.2) is 0 Å². The van der Waals surface area contributed by atoms with E-state index < -0.39 is 0 Å². The van der Waals surface area contributed by atoms with Crippen LogP contribution in [0.25, 0.3) is 0 Å². The highest BCUT2D eigenvalue weighted by atomic mass is 79.9. The number of halogens is 1. The van der Waals surface area contributed by atoms with Gasteiger partial charge in [0.05, 0.1) is 0 Å². The summed E-state index contributed by atoms with van der Waals surface area (Å²) in [6.45, 7) is 8.83. The highest BCUT2D eigenvalue weighted by molar-refractivity contribution is 9.10. The maximum Gasteiger partial charge on any atom is 0.127 e. The van der Waals surface area contributed by atoms with Crippen molar-refractivity contribution in [3.63, 3.8) is 0 Å². The number of aryl methyl sites for hydroxylation is 2. The van der Waals surface area contributed by atoms with Crippen molar-refractivity contribution in [1.82, 2.24) is 5.32 Å². The molecule has 0 saturated heterocycles. The van der Waals surface area contributed by atoms with E-state index in [0.717, 1.165) is 29.7 Å². The number of rotatable bonds is 7. The standard InChI is InChI=1S/C17H22BrNOS/c1-4-15-6-7-16(21-15)11-20-17-12(3)8-14(18)9-13(17)10-19-5-2/h6-9,19H,4-5,10-11H2,1-3H3. The van der Waals surface area contributed by atoms with Gasteiger partial charge in [-0.2, -0.15) is 0 Å². The first-order chi connectivity index (χ1) is 10.1. The maximum atomic E-state index is 6.11. The van der Waals surface area contributed by atoms with E-state index in [-0.39, 0.29) is 0 Å². The zero-order chi connectivity index (χ0) is 15.2. The second-order valence-corrected chi connectivity index (χ2v) is 7.17. The fourth-order valence-corrected chi connectivity index (χ4v) is 3.72. The van der Waals surface area contributed by atoms with Crippen molar-refractivity contribution >= 4 is 27.3 Å². The Kier molecular flexibility index (Phi) is 6.27. The summed E-state index contributed by atoms with van der Waals surface area (Å²) in [7, 11) is 0. The third-order valence-corrected chi connectivity index (χ3v) is 4.97. The van der Waals surface area contributed by atoms with Gasteiger partial charge in [0.25, 0.3) is 0 Å². The molecule has 0 aliphatic heterocycles. The highest BCUT2D eigenvalue weighted by Crippen LogP contribution is 2.29. The Morgan fingerprint density at radius 1 is 1.19 bits per heavy atom. The highest BCUT2D eigenvalue weighted by Gasteiger charge is 2.10. The normalized spacial score (nSPS) is 10.9. The van der Waals surface area contributed by atoms with Crippen LogP contribution < -0.4 is 10.1 Å². The van der Waals surface area contributed by atoms with Gasteiger partial charge in [-0.1, -0.05) is 29.8 Å². The molecule has 0 bridgehead atoms. The molecule has 0 aliphatic carbocycles. The Bertz CT molecular complexity index is 594. The molecule has 0 fully saturated rings. The van der Waals surface area contributed by atoms with Gasteiger partial charge >= 0.3 is 0 Å². The summed E-state index contributed by atoms with van der Waals surface area (Å²) in [5.74, 6) is 1.01. The van der Waals surface area contributed by atoms with E-state index in [1.54, 1.807) is 0 Å². The Hall–Kier alpha value is -0.840. The van der Waals surface area contributed by atoms with E-state index in [2.05, 4.69) is 66.3 Å². The summed E-state index contributed by atoms with van der Waals surface area (Å²) in [6.07, 6.45) is 1.09. The molecule has 1 aromatic carbocycles. The van der Waals surface area contributed by atoms with E-state index in [4.69, 9.17) is 4.74 Å². The maximum absolute atomic E-state index is 6.11. The molecule has 0 aliphatic rings. The van der Waals surface area contributed by atoms with Crippen LogP contribution >= 0.6 is 27.3 Å². The molecule has 0 radical (unpaired) electrons. The zero-order valence-corrected chi connectivity index (χ0v) is 15.2. The minimum atomic E-state index is 0.645. The minimum absolute atomic E-state index is 0.645. The van der Waals surface area contributed by atoms with E-state index in [0.29, 0.717) is 6.61 Å². The number of hydrogen-bond donors (Lipinski definition) is 1. The molecule has 4 heteroatoms. The molecule has 114 valence electrons. The lowest BCUT2D eigenvalue weighted by molar-refractivity contribution is 0.303. The molecule has 1 heterocycles. The van der Waals surface area contributed by atoms with E-state index >= 15 is 0 Å². The lowest BCUT2D eigenvalue weighted by Gasteiger charge is -2.15. The summed E-state index contributed by atoms with van der Waals surface area (Å²) in [6, 6.07) is 8.60. The summed E-state index contributed by atoms with van der Waals surface area (Å²) in [5, 5.41) is 3.37. The predicted molar refractivity (Wildman–Crippen MR) is 94.3 cm³/mol. The van der Waals surface area contributed by atoms with Crippen molar-refractivity contribution in [2.24, 2.45) is 0 Å². The molecule has 1 N–H and O–H groups in total. The van der Waals surface area contributed by atoms with Crippen molar-refractivity contribution < 1.29 is 4.74 Å². The Morgan fingerprint density at radius 3 is 2.62 bits per heavy atom. The molecule has 2 rings (SSSR count).